The van der Waals surface area contributed by atoms with Gasteiger partial charge in [-0.1, -0.05) is 6.07 Å². The second-order valence-electron chi connectivity index (χ2n) is 3.91. The van der Waals surface area contributed by atoms with E-state index >= 15 is 0 Å². The Morgan fingerprint density at radius 1 is 1.26 bits per heavy atom. The molecule has 0 aliphatic rings. The number of hydrogen-bond acceptors (Lipinski definition) is 4. The first-order valence-electron chi connectivity index (χ1n) is 5.37. The summed E-state index contributed by atoms with van der Waals surface area (Å²) < 4.78 is 0. The molecule has 7 nitrogen and oxygen atoms in total. The lowest BCUT2D eigenvalue weighted by molar-refractivity contribution is -0.145. The maximum absolute atomic E-state index is 11.8. The Hall–Kier alpha value is -2.57. The fourth-order valence-corrected chi connectivity index (χ4v) is 1.48. The van der Waals surface area contributed by atoms with Crippen LogP contribution in [0, 0.1) is 6.92 Å². The SMILES string of the molecule is Cc1c(O)cccc1C(=O)NC(CC(=O)O)C(=O)O. The normalized spacial score (nSPS) is 11.6. The van der Waals surface area contributed by atoms with Crippen LogP contribution in [0.5, 0.6) is 5.75 Å². The van der Waals surface area contributed by atoms with Crippen LogP contribution in [0.1, 0.15) is 22.3 Å². The minimum Gasteiger partial charge on any atom is -0.508 e. The smallest absolute Gasteiger partial charge is 0.326 e. The van der Waals surface area contributed by atoms with Crippen molar-refractivity contribution in [3.63, 3.8) is 0 Å². The molecule has 0 saturated heterocycles. The number of phenols is 1. The van der Waals surface area contributed by atoms with Crippen molar-refractivity contribution >= 4 is 17.8 Å². The summed E-state index contributed by atoms with van der Waals surface area (Å²) in [6.07, 6.45) is -0.723. The fraction of sp³-hybridized carbons (Fsp3) is 0.250. The number of benzene rings is 1. The number of aromatic hydroxyl groups is 1. The molecule has 19 heavy (non-hydrogen) atoms. The number of hydrogen-bond donors (Lipinski definition) is 4. The lowest BCUT2D eigenvalue weighted by atomic mass is 10.1. The molecular weight excluding hydrogens is 254 g/mol. The highest BCUT2D eigenvalue weighted by atomic mass is 16.4. The summed E-state index contributed by atoms with van der Waals surface area (Å²) in [4.78, 5) is 33.2. The Kier molecular flexibility index (Phi) is 4.46. The van der Waals surface area contributed by atoms with Crippen molar-refractivity contribution in [3.8, 4) is 5.75 Å². The quantitative estimate of drug-likeness (QED) is 0.610. The third-order valence-corrected chi connectivity index (χ3v) is 2.53. The van der Waals surface area contributed by atoms with Gasteiger partial charge in [0.15, 0.2) is 0 Å². The first-order chi connectivity index (χ1) is 8.82. The second kappa shape index (κ2) is 5.85. The molecule has 0 saturated carbocycles. The van der Waals surface area contributed by atoms with Crippen LogP contribution in [0.3, 0.4) is 0 Å². The molecule has 7 heteroatoms. The molecule has 1 unspecified atom stereocenters. The molecule has 0 fully saturated rings. The van der Waals surface area contributed by atoms with Gasteiger partial charge in [-0.05, 0) is 19.1 Å². The van der Waals surface area contributed by atoms with Crippen LogP contribution in [0.15, 0.2) is 18.2 Å². The van der Waals surface area contributed by atoms with E-state index in [1.807, 2.05) is 0 Å². The Balaban J connectivity index is 2.91. The number of amides is 1. The summed E-state index contributed by atoms with van der Waals surface area (Å²) in [6.45, 7) is 1.50. The van der Waals surface area contributed by atoms with Crippen molar-refractivity contribution in [2.75, 3.05) is 0 Å². The third kappa shape index (κ3) is 3.70. The van der Waals surface area contributed by atoms with Crippen LogP contribution >= 0.6 is 0 Å². The van der Waals surface area contributed by atoms with E-state index in [1.165, 1.54) is 25.1 Å². The Morgan fingerprint density at radius 2 is 1.89 bits per heavy atom. The number of carbonyl (C=O) groups is 3. The standard InChI is InChI=1S/C12H13NO6/c1-6-7(3-2-4-9(6)14)11(17)13-8(12(18)19)5-10(15)16/h2-4,8,14H,5H2,1H3,(H,13,17)(H,15,16)(H,18,19). The lowest BCUT2D eigenvalue weighted by Gasteiger charge is -2.13. The minimum absolute atomic E-state index is 0.0941. The molecule has 1 rings (SSSR count). The first-order valence-corrected chi connectivity index (χ1v) is 5.37. The zero-order valence-electron chi connectivity index (χ0n) is 10.1. The monoisotopic (exact) mass is 267 g/mol. The van der Waals surface area contributed by atoms with E-state index in [2.05, 4.69) is 5.32 Å². The molecule has 1 amide bonds. The molecular formula is C12H13NO6. The van der Waals surface area contributed by atoms with E-state index in [9.17, 15) is 19.5 Å². The van der Waals surface area contributed by atoms with Gasteiger partial charge in [-0.15, -0.1) is 0 Å². The van der Waals surface area contributed by atoms with Crippen LogP contribution in [-0.2, 0) is 9.59 Å². The molecule has 1 aromatic rings. The zero-order chi connectivity index (χ0) is 14.6. The average molecular weight is 267 g/mol. The fourth-order valence-electron chi connectivity index (χ4n) is 1.48. The number of carbonyl (C=O) groups excluding carboxylic acids is 1. The van der Waals surface area contributed by atoms with E-state index < -0.39 is 30.3 Å². The molecule has 4 N–H and O–H groups in total. The van der Waals surface area contributed by atoms with Crippen LogP contribution in [-0.4, -0.2) is 39.2 Å². The number of aliphatic carboxylic acids is 2. The zero-order valence-corrected chi connectivity index (χ0v) is 10.1. The van der Waals surface area contributed by atoms with Crippen molar-refractivity contribution in [1.82, 2.24) is 5.32 Å². The van der Waals surface area contributed by atoms with Gasteiger partial charge in [-0.25, -0.2) is 4.79 Å². The maximum atomic E-state index is 11.8. The summed E-state index contributed by atoms with van der Waals surface area (Å²) in [5.41, 5.74) is 0.385. The number of rotatable bonds is 5. The summed E-state index contributed by atoms with van der Waals surface area (Å²) in [5.74, 6) is -3.62. The molecule has 0 spiro atoms. The predicted molar refractivity (Wildman–Crippen MR) is 64.0 cm³/mol. The Morgan fingerprint density at radius 3 is 2.42 bits per heavy atom. The van der Waals surface area contributed by atoms with Gasteiger partial charge in [0.25, 0.3) is 5.91 Å². The molecule has 0 bridgehead atoms. The molecule has 102 valence electrons. The summed E-state index contributed by atoms with van der Waals surface area (Å²) in [5, 5.41) is 28.9. The van der Waals surface area contributed by atoms with Crippen LogP contribution in [0.4, 0.5) is 0 Å². The Labute approximate surface area is 108 Å². The number of phenolic OH excluding ortho intramolecular Hbond substituents is 1. The average Bonchev–Trinajstić information content (AvgIpc) is 2.31. The molecule has 0 aliphatic carbocycles. The topological polar surface area (TPSA) is 124 Å². The van der Waals surface area contributed by atoms with Gasteiger partial charge in [0, 0.05) is 11.1 Å². The molecule has 0 aromatic heterocycles. The van der Waals surface area contributed by atoms with Crippen molar-refractivity contribution < 1.29 is 29.7 Å². The maximum Gasteiger partial charge on any atom is 0.326 e. The highest BCUT2D eigenvalue weighted by molar-refractivity contribution is 5.98. The molecule has 1 atom stereocenters. The number of carboxylic acids is 2. The van der Waals surface area contributed by atoms with Crippen molar-refractivity contribution in [2.45, 2.75) is 19.4 Å². The van der Waals surface area contributed by atoms with Crippen molar-refractivity contribution in [2.24, 2.45) is 0 Å². The highest BCUT2D eigenvalue weighted by Crippen LogP contribution is 2.19. The van der Waals surface area contributed by atoms with Gasteiger partial charge >= 0.3 is 11.9 Å². The van der Waals surface area contributed by atoms with E-state index in [-0.39, 0.29) is 11.3 Å². The third-order valence-electron chi connectivity index (χ3n) is 2.53. The lowest BCUT2D eigenvalue weighted by Crippen LogP contribution is -2.42. The van der Waals surface area contributed by atoms with E-state index in [0.717, 1.165) is 0 Å². The van der Waals surface area contributed by atoms with E-state index in [0.29, 0.717) is 5.56 Å². The summed E-state index contributed by atoms with van der Waals surface area (Å²) in [7, 11) is 0. The molecule has 0 heterocycles. The number of carboxylic acid groups (broad SMARTS) is 2. The van der Waals surface area contributed by atoms with Crippen molar-refractivity contribution in [3.05, 3.63) is 29.3 Å². The van der Waals surface area contributed by atoms with Crippen LogP contribution in [0.25, 0.3) is 0 Å². The van der Waals surface area contributed by atoms with Crippen LogP contribution in [0.2, 0.25) is 0 Å². The largest absolute Gasteiger partial charge is 0.508 e. The van der Waals surface area contributed by atoms with Crippen LogP contribution < -0.4 is 5.32 Å². The molecule has 0 aliphatic heterocycles. The molecule has 1 aromatic carbocycles. The predicted octanol–water partition coefficient (Wildman–Crippen LogP) is 0.358. The summed E-state index contributed by atoms with van der Waals surface area (Å²) >= 11 is 0. The van der Waals surface area contributed by atoms with E-state index in [4.69, 9.17) is 10.2 Å². The Bertz CT molecular complexity index is 525. The molecule has 0 radical (unpaired) electrons. The highest BCUT2D eigenvalue weighted by Gasteiger charge is 2.24. The van der Waals surface area contributed by atoms with Gasteiger partial charge < -0.3 is 20.6 Å². The van der Waals surface area contributed by atoms with Gasteiger partial charge in [0.1, 0.15) is 11.8 Å². The summed E-state index contributed by atoms with van der Waals surface area (Å²) in [6, 6.07) is 2.71. The van der Waals surface area contributed by atoms with Gasteiger partial charge in [0.05, 0.1) is 6.42 Å². The second-order valence-corrected chi connectivity index (χ2v) is 3.91. The van der Waals surface area contributed by atoms with Gasteiger partial charge in [-0.3, -0.25) is 9.59 Å². The van der Waals surface area contributed by atoms with E-state index in [1.54, 1.807) is 0 Å². The van der Waals surface area contributed by atoms with Crippen molar-refractivity contribution in [1.29, 1.82) is 0 Å². The number of nitrogens with one attached hydrogen (secondary N) is 1. The first kappa shape index (κ1) is 14.5. The minimum atomic E-state index is -1.52. The van der Waals surface area contributed by atoms with Gasteiger partial charge in [-0.2, -0.15) is 0 Å². The van der Waals surface area contributed by atoms with Gasteiger partial charge in [0.2, 0.25) is 0 Å².